The number of fused-ring (bicyclic) bond motifs is 3. The molecule has 0 amide bonds. The highest BCUT2D eigenvalue weighted by molar-refractivity contribution is 5.79. The molecule has 2 aromatic rings. The summed E-state index contributed by atoms with van der Waals surface area (Å²) in [7, 11) is 0. The molecule has 1 aliphatic carbocycles. The van der Waals surface area contributed by atoms with E-state index in [1.165, 1.54) is 22.3 Å². The van der Waals surface area contributed by atoms with Gasteiger partial charge in [-0.15, -0.1) is 0 Å². The maximum atomic E-state index is 9.46. The Morgan fingerprint density at radius 3 is 1.78 bits per heavy atom. The number of hydrogen-bond acceptors (Lipinski definition) is 1. The van der Waals surface area contributed by atoms with Crippen LogP contribution in [0.25, 0.3) is 11.1 Å². The van der Waals surface area contributed by atoms with Crippen LogP contribution in [0.4, 0.5) is 0 Å². The molecule has 2 aromatic carbocycles. The van der Waals surface area contributed by atoms with E-state index in [4.69, 9.17) is 0 Å². The van der Waals surface area contributed by atoms with Gasteiger partial charge in [0.15, 0.2) is 0 Å². The summed E-state index contributed by atoms with van der Waals surface area (Å²) in [5.41, 5.74) is 4.74. The minimum Gasteiger partial charge on any atom is -0.198 e. The first-order valence-corrected chi connectivity index (χ1v) is 6.24. The first kappa shape index (κ1) is 11.0. The van der Waals surface area contributed by atoms with Gasteiger partial charge in [0.25, 0.3) is 0 Å². The molecule has 0 spiro atoms. The van der Waals surface area contributed by atoms with Crippen molar-refractivity contribution in [3.63, 3.8) is 0 Å². The Morgan fingerprint density at radius 1 is 0.889 bits per heavy atom. The second-order valence-corrected chi connectivity index (χ2v) is 5.44. The summed E-state index contributed by atoms with van der Waals surface area (Å²) >= 11 is 0. The monoisotopic (exact) mass is 233 g/mol. The molecule has 0 aliphatic heterocycles. The second-order valence-electron chi connectivity index (χ2n) is 5.44. The standard InChI is InChI=1S/C17H15N/c1-17(2,11-18)16-14-9-5-3-7-12(14)13-8-4-6-10-15(13)16/h3-10,16H,1-2H3. The lowest BCUT2D eigenvalue weighted by atomic mass is 9.75. The van der Waals surface area contributed by atoms with E-state index in [0.29, 0.717) is 0 Å². The smallest absolute Gasteiger partial charge is 0.0693 e. The molecule has 0 saturated heterocycles. The number of hydrogen-bond donors (Lipinski definition) is 0. The van der Waals surface area contributed by atoms with E-state index in [9.17, 15) is 5.26 Å². The average molecular weight is 233 g/mol. The molecule has 18 heavy (non-hydrogen) atoms. The number of benzene rings is 2. The van der Waals surface area contributed by atoms with E-state index in [1.807, 2.05) is 13.8 Å². The highest BCUT2D eigenvalue weighted by atomic mass is 14.4. The highest BCUT2D eigenvalue weighted by Gasteiger charge is 2.39. The molecule has 0 bridgehead atoms. The minimum atomic E-state index is -0.386. The molecule has 3 rings (SSSR count). The van der Waals surface area contributed by atoms with Gasteiger partial charge < -0.3 is 0 Å². The lowest BCUT2D eigenvalue weighted by Gasteiger charge is -2.26. The molecule has 1 nitrogen and oxygen atoms in total. The molecule has 0 saturated carbocycles. The lowest BCUT2D eigenvalue weighted by molar-refractivity contribution is 0.437. The molecule has 1 heteroatoms. The third-order valence-corrected chi connectivity index (χ3v) is 3.84. The highest BCUT2D eigenvalue weighted by Crippen LogP contribution is 2.51. The molecular formula is C17H15N. The van der Waals surface area contributed by atoms with Crippen molar-refractivity contribution < 1.29 is 0 Å². The first-order valence-electron chi connectivity index (χ1n) is 6.24. The Balaban J connectivity index is 2.32. The summed E-state index contributed by atoms with van der Waals surface area (Å²) in [6.45, 7) is 4.05. The van der Waals surface area contributed by atoms with Crippen molar-refractivity contribution in [3.8, 4) is 17.2 Å². The first-order chi connectivity index (χ1) is 8.65. The van der Waals surface area contributed by atoms with Gasteiger partial charge in [0.1, 0.15) is 0 Å². The van der Waals surface area contributed by atoms with Crippen LogP contribution in [0.2, 0.25) is 0 Å². The van der Waals surface area contributed by atoms with E-state index in [1.54, 1.807) is 0 Å². The van der Waals surface area contributed by atoms with Crippen molar-refractivity contribution in [2.24, 2.45) is 5.41 Å². The summed E-state index contributed by atoms with van der Waals surface area (Å²) in [6.07, 6.45) is 0. The van der Waals surface area contributed by atoms with Crippen LogP contribution < -0.4 is 0 Å². The Labute approximate surface area is 108 Å². The Hall–Kier alpha value is -2.07. The third-order valence-electron chi connectivity index (χ3n) is 3.84. The molecule has 1 aliphatic rings. The molecule has 0 unspecified atom stereocenters. The van der Waals surface area contributed by atoms with Gasteiger partial charge in [-0.25, -0.2) is 0 Å². The van der Waals surface area contributed by atoms with Crippen LogP contribution in [0.1, 0.15) is 30.9 Å². The quantitative estimate of drug-likeness (QED) is 0.718. The van der Waals surface area contributed by atoms with E-state index in [-0.39, 0.29) is 11.3 Å². The van der Waals surface area contributed by atoms with Crippen LogP contribution in [0.5, 0.6) is 0 Å². The van der Waals surface area contributed by atoms with Crippen LogP contribution in [0.3, 0.4) is 0 Å². The van der Waals surface area contributed by atoms with Crippen molar-refractivity contribution in [2.75, 3.05) is 0 Å². The Bertz CT molecular complexity index is 601. The minimum absolute atomic E-state index is 0.176. The number of nitrogens with zero attached hydrogens (tertiary/aromatic N) is 1. The van der Waals surface area contributed by atoms with Crippen molar-refractivity contribution in [1.82, 2.24) is 0 Å². The zero-order valence-electron chi connectivity index (χ0n) is 10.6. The van der Waals surface area contributed by atoms with Gasteiger partial charge in [0.05, 0.1) is 11.5 Å². The summed E-state index contributed by atoms with van der Waals surface area (Å²) in [6, 6.07) is 19.3. The van der Waals surface area contributed by atoms with Gasteiger partial charge in [0.2, 0.25) is 0 Å². The van der Waals surface area contributed by atoms with Crippen LogP contribution in [0, 0.1) is 16.7 Å². The summed E-state index contributed by atoms with van der Waals surface area (Å²) in [4.78, 5) is 0. The fraction of sp³-hybridized carbons (Fsp3) is 0.235. The predicted molar refractivity (Wildman–Crippen MR) is 73.1 cm³/mol. The number of nitriles is 1. The number of rotatable bonds is 1. The fourth-order valence-electron chi connectivity index (χ4n) is 3.00. The molecule has 88 valence electrons. The largest absolute Gasteiger partial charge is 0.198 e. The van der Waals surface area contributed by atoms with Gasteiger partial charge in [-0.1, -0.05) is 48.5 Å². The van der Waals surface area contributed by atoms with Gasteiger partial charge in [-0.3, -0.25) is 0 Å². The molecule has 0 aromatic heterocycles. The Kier molecular flexibility index (Phi) is 2.28. The van der Waals surface area contributed by atoms with Gasteiger partial charge in [-0.05, 0) is 36.1 Å². The van der Waals surface area contributed by atoms with E-state index in [0.717, 1.165) is 0 Å². The van der Waals surface area contributed by atoms with E-state index >= 15 is 0 Å². The fourth-order valence-corrected chi connectivity index (χ4v) is 3.00. The van der Waals surface area contributed by atoms with Gasteiger partial charge in [0, 0.05) is 5.92 Å². The summed E-state index contributed by atoms with van der Waals surface area (Å²) in [5.74, 6) is 0.176. The third kappa shape index (κ3) is 1.39. The maximum absolute atomic E-state index is 9.46. The van der Waals surface area contributed by atoms with Crippen LogP contribution in [0.15, 0.2) is 48.5 Å². The van der Waals surface area contributed by atoms with Gasteiger partial charge >= 0.3 is 0 Å². The van der Waals surface area contributed by atoms with Crippen LogP contribution >= 0.6 is 0 Å². The zero-order chi connectivity index (χ0) is 12.8. The van der Waals surface area contributed by atoms with Crippen LogP contribution in [-0.2, 0) is 0 Å². The van der Waals surface area contributed by atoms with Crippen molar-refractivity contribution in [3.05, 3.63) is 59.7 Å². The molecule has 0 N–H and O–H groups in total. The molecule has 0 radical (unpaired) electrons. The molecular weight excluding hydrogens is 218 g/mol. The second kappa shape index (κ2) is 3.71. The Morgan fingerprint density at radius 2 is 1.33 bits per heavy atom. The van der Waals surface area contributed by atoms with E-state index < -0.39 is 0 Å². The topological polar surface area (TPSA) is 23.8 Å². The average Bonchev–Trinajstić information content (AvgIpc) is 2.74. The lowest BCUT2D eigenvalue weighted by Crippen LogP contribution is -2.19. The SMILES string of the molecule is CC(C)(C#N)C1c2ccccc2-c2ccccc21. The normalized spacial score (nSPS) is 13.8. The van der Waals surface area contributed by atoms with Crippen molar-refractivity contribution >= 4 is 0 Å². The van der Waals surface area contributed by atoms with Crippen LogP contribution in [-0.4, -0.2) is 0 Å². The maximum Gasteiger partial charge on any atom is 0.0693 e. The predicted octanol–water partition coefficient (Wildman–Crippen LogP) is 4.35. The van der Waals surface area contributed by atoms with Crippen molar-refractivity contribution in [1.29, 1.82) is 5.26 Å². The zero-order valence-corrected chi connectivity index (χ0v) is 10.6. The molecule has 0 heterocycles. The molecule has 0 atom stereocenters. The van der Waals surface area contributed by atoms with E-state index in [2.05, 4.69) is 54.6 Å². The van der Waals surface area contributed by atoms with Gasteiger partial charge in [-0.2, -0.15) is 5.26 Å². The van der Waals surface area contributed by atoms with Crippen molar-refractivity contribution in [2.45, 2.75) is 19.8 Å². The summed E-state index contributed by atoms with van der Waals surface area (Å²) in [5, 5.41) is 9.46. The summed E-state index contributed by atoms with van der Waals surface area (Å²) < 4.78 is 0. The molecule has 0 fully saturated rings.